The zero-order valence-electron chi connectivity index (χ0n) is 17.8. The van der Waals surface area contributed by atoms with Gasteiger partial charge in [0.2, 0.25) is 5.91 Å². The number of aromatic nitrogens is 4. The Balaban J connectivity index is 1.68. The van der Waals surface area contributed by atoms with Crippen LogP contribution in [0.25, 0.3) is 16.7 Å². The molecule has 0 aromatic carbocycles. The summed E-state index contributed by atoms with van der Waals surface area (Å²) < 4.78 is 18.8. The Kier molecular flexibility index (Phi) is 4.86. The average molecular weight is 423 g/mol. The van der Waals surface area contributed by atoms with Crippen LogP contribution in [-0.4, -0.2) is 52.6 Å². The number of carbonyl (C=O) groups excluding carboxylic acids is 1. The molecular formula is C22H25N5O4. The number of hydrogen-bond acceptors (Lipinski definition) is 7. The lowest BCUT2D eigenvalue weighted by atomic mass is 9.96. The third-order valence-corrected chi connectivity index (χ3v) is 5.70. The van der Waals surface area contributed by atoms with Gasteiger partial charge in [0.15, 0.2) is 11.4 Å². The van der Waals surface area contributed by atoms with E-state index in [1.807, 2.05) is 29.8 Å². The monoisotopic (exact) mass is 423 g/mol. The summed E-state index contributed by atoms with van der Waals surface area (Å²) in [6, 6.07) is 5.61. The van der Waals surface area contributed by atoms with E-state index >= 15 is 0 Å². The fraction of sp³-hybridized carbons (Fsp3) is 0.455. The molecule has 0 spiro atoms. The fourth-order valence-corrected chi connectivity index (χ4v) is 3.86. The van der Waals surface area contributed by atoms with Gasteiger partial charge >= 0.3 is 0 Å². The van der Waals surface area contributed by atoms with Crippen molar-refractivity contribution in [3.05, 3.63) is 35.8 Å². The molecule has 0 atom stereocenters. The summed E-state index contributed by atoms with van der Waals surface area (Å²) in [5.41, 5.74) is 2.00. The molecule has 1 aliphatic carbocycles. The summed E-state index contributed by atoms with van der Waals surface area (Å²) in [5, 5.41) is 8.63. The molecule has 2 fully saturated rings. The Morgan fingerprint density at radius 3 is 2.74 bits per heavy atom. The van der Waals surface area contributed by atoms with Gasteiger partial charge in [-0.05, 0) is 19.8 Å². The lowest BCUT2D eigenvalue weighted by Crippen LogP contribution is -2.49. The van der Waals surface area contributed by atoms with Crippen molar-refractivity contribution in [2.75, 3.05) is 32.2 Å². The molecule has 2 aliphatic rings. The quantitative estimate of drug-likeness (QED) is 0.624. The molecule has 4 heterocycles. The van der Waals surface area contributed by atoms with E-state index in [9.17, 15) is 4.79 Å². The van der Waals surface area contributed by atoms with E-state index in [1.165, 1.54) is 6.92 Å². The van der Waals surface area contributed by atoms with Gasteiger partial charge in [-0.2, -0.15) is 5.10 Å². The first-order valence-corrected chi connectivity index (χ1v) is 10.5. The molecule has 0 radical (unpaired) electrons. The molecule has 9 nitrogen and oxygen atoms in total. The van der Waals surface area contributed by atoms with Crippen LogP contribution in [0, 0.1) is 0 Å². The molecule has 31 heavy (non-hydrogen) atoms. The normalized spacial score (nSPS) is 17.4. The zero-order valence-corrected chi connectivity index (χ0v) is 17.8. The Morgan fingerprint density at radius 2 is 2.13 bits per heavy atom. The van der Waals surface area contributed by atoms with Crippen LogP contribution in [0.1, 0.15) is 44.0 Å². The van der Waals surface area contributed by atoms with Gasteiger partial charge in [0.1, 0.15) is 11.6 Å². The van der Waals surface area contributed by atoms with E-state index in [0.29, 0.717) is 43.1 Å². The number of amides is 1. The number of fused-ring (bicyclic) bond motifs is 1. The van der Waals surface area contributed by atoms with Gasteiger partial charge in [-0.25, -0.2) is 14.6 Å². The smallest absolute Gasteiger partial charge is 0.222 e. The van der Waals surface area contributed by atoms with Gasteiger partial charge in [-0.3, -0.25) is 4.79 Å². The second-order valence-electron chi connectivity index (χ2n) is 8.01. The first-order chi connectivity index (χ1) is 15.0. The van der Waals surface area contributed by atoms with E-state index in [2.05, 4.69) is 10.3 Å². The van der Waals surface area contributed by atoms with Crippen molar-refractivity contribution in [2.45, 2.75) is 38.2 Å². The standard InChI is InChI=1S/C22H25N5O4/c1-4-31-15-7-18(22(29-3)11-30-12-22)25-20(8-15)27-17-9-19(24-13(2)28)23-10-16(17)21(26-27)14-5-6-14/h7-10,14H,4-6,11-12H2,1-3H3,(H,23,24,28). The first-order valence-electron chi connectivity index (χ1n) is 10.5. The maximum atomic E-state index is 11.5. The number of pyridine rings is 2. The second kappa shape index (κ2) is 7.58. The fourth-order valence-electron chi connectivity index (χ4n) is 3.86. The van der Waals surface area contributed by atoms with Crippen molar-refractivity contribution in [3.8, 4) is 11.6 Å². The maximum absolute atomic E-state index is 11.5. The molecule has 5 rings (SSSR count). The van der Waals surface area contributed by atoms with Crippen molar-refractivity contribution >= 4 is 22.6 Å². The molecular weight excluding hydrogens is 398 g/mol. The Bertz CT molecular complexity index is 1140. The Hall–Kier alpha value is -3.04. The van der Waals surface area contributed by atoms with E-state index < -0.39 is 5.60 Å². The highest BCUT2D eigenvalue weighted by atomic mass is 16.6. The topological polar surface area (TPSA) is 100 Å². The van der Waals surface area contributed by atoms with Crippen molar-refractivity contribution < 1.29 is 19.0 Å². The highest BCUT2D eigenvalue weighted by Crippen LogP contribution is 2.43. The van der Waals surface area contributed by atoms with Crippen LogP contribution in [0.4, 0.5) is 5.82 Å². The highest BCUT2D eigenvalue weighted by Gasteiger charge is 2.43. The first kappa shape index (κ1) is 19.9. The lowest BCUT2D eigenvalue weighted by Gasteiger charge is -2.39. The summed E-state index contributed by atoms with van der Waals surface area (Å²) in [7, 11) is 1.66. The molecule has 3 aromatic rings. The van der Waals surface area contributed by atoms with Crippen molar-refractivity contribution in [1.29, 1.82) is 0 Å². The number of ether oxygens (including phenoxy) is 3. The average Bonchev–Trinajstić information content (AvgIpc) is 3.48. The Morgan fingerprint density at radius 1 is 1.32 bits per heavy atom. The molecule has 1 saturated carbocycles. The number of nitrogens with one attached hydrogen (secondary N) is 1. The number of hydrogen-bond donors (Lipinski definition) is 1. The van der Waals surface area contributed by atoms with E-state index in [-0.39, 0.29) is 5.91 Å². The second-order valence-corrected chi connectivity index (χ2v) is 8.01. The van der Waals surface area contributed by atoms with Crippen LogP contribution >= 0.6 is 0 Å². The highest BCUT2D eigenvalue weighted by molar-refractivity contribution is 5.91. The molecule has 1 N–H and O–H groups in total. The molecule has 9 heteroatoms. The van der Waals surface area contributed by atoms with Crippen molar-refractivity contribution in [1.82, 2.24) is 19.7 Å². The molecule has 0 unspecified atom stereocenters. The predicted molar refractivity (Wildman–Crippen MR) is 114 cm³/mol. The van der Waals surface area contributed by atoms with Crippen LogP contribution in [-0.2, 0) is 19.9 Å². The van der Waals surface area contributed by atoms with Gasteiger partial charge in [-0.1, -0.05) is 0 Å². The molecule has 1 amide bonds. The predicted octanol–water partition coefficient (Wildman–Crippen LogP) is 2.92. The number of anilines is 1. The minimum absolute atomic E-state index is 0.175. The summed E-state index contributed by atoms with van der Waals surface area (Å²) in [6.45, 7) is 4.81. The largest absolute Gasteiger partial charge is 0.494 e. The number of nitrogens with zero attached hydrogens (tertiary/aromatic N) is 4. The third kappa shape index (κ3) is 3.53. The Labute approximate surface area is 179 Å². The molecule has 162 valence electrons. The van der Waals surface area contributed by atoms with Crippen molar-refractivity contribution in [2.24, 2.45) is 0 Å². The van der Waals surface area contributed by atoms with Crippen LogP contribution in [0.2, 0.25) is 0 Å². The van der Waals surface area contributed by atoms with Gasteiger partial charge in [0, 0.05) is 49.7 Å². The van der Waals surface area contributed by atoms with Crippen LogP contribution in [0.3, 0.4) is 0 Å². The third-order valence-electron chi connectivity index (χ3n) is 5.70. The SMILES string of the molecule is CCOc1cc(-n2nc(C3CC3)c3cnc(NC(C)=O)cc32)nc(C2(OC)COC2)c1. The summed E-state index contributed by atoms with van der Waals surface area (Å²) in [4.78, 5) is 20.8. The minimum Gasteiger partial charge on any atom is -0.494 e. The summed E-state index contributed by atoms with van der Waals surface area (Å²) in [5.74, 6) is 2.05. The zero-order chi connectivity index (χ0) is 21.6. The van der Waals surface area contributed by atoms with E-state index in [1.54, 1.807) is 13.3 Å². The number of rotatable bonds is 7. The molecule has 0 bridgehead atoms. The molecule has 1 saturated heterocycles. The van der Waals surface area contributed by atoms with Crippen LogP contribution < -0.4 is 10.1 Å². The van der Waals surface area contributed by atoms with E-state index in [4.69, 9.17) is 24.3 Å². The van der Waals surface area contributed by atoms with Gasteiger partial charge in [-0.15, -0.1) is 0 Å². The number of methoxy groups -OCH3 is 1. The maximum Gasteiger partial charge on any atom is 0.222 e. The molecule has 3 aromatic heterocycles. The van der Waals surface area contributed by atoms with E-state index in [0.717, 1.165) is 35.1 Å². The van der Waals surface area contributed by atoms with Crippen molar-refractivity contribution in [3.63, 3.8) is 0 Å². The van der Waals surface area contributed by atoms with Crippen LogP contribution in [0.15, 0.2) is 24.4 Å². The van der Waals surface area contributed by atoms with Crippen LogP contribution in [0.5, 0.6) is 5.75 Å². The van der Waals surface area contributed by atoms with Gasteiger partial charge in [0.05, 0.1) is 36.7 Å². The minimum atomic E-state index is -0.590. The summed E-state index contributed by atoms with van der Waals surface area (Å²) in [6.07, 6.45) is 4.00. The number of carbonyl (C=O) groups is 1. The summed E-state index contributed by atoms with van der Waals surface area (Å²) >= 11 is 0. The van der Waals surface area contributed by atoms with Gasteiger partial charge < -0.3 is 19.5 Å². The molecule has 1 aliphatic heterocycles. The lowest BCUT2D eigenvalue weighted by molar-refractivity contribution is -0.204. The van der Waals surface area contributed by atoms with Gasteiger partial charge in [0.25, 0.3) is 0 Å².